The molecule has 0 N–H and O–H groups in total. The summed E-state index contributed by atoms with van der Waals surface area (Å²) in [7, 11) is 1.54. The van der Waals surface area contributed by atoms with Crippen LogP contribution < -0.4 is 9.47 Å². The van der Waals surface area contributed by atoms with Gasteiger partial charge in [0, 0.05) is 5.56 Å². The van der Waals surface area contributed by atoms with Crippen molar-refractivity contribution in [2.24, 2.45) is 0 Å². The minimum atomic E-state index is -0.629. The lowest BCUT2D eigenvalue weighted by atomic mass is 10.0. The summed E-state index contributed by atoms with van der Waals surface area (Å²) in [6.07, 6.45) is 3.88. The van der Waals surface area contributed by atoms with Crippen LogP contribution in [0.3, 0.4) is 0 Å². The number of methoxy groups -OCH3 is 1. The Balaban J connectivity index is 1.86. The maximum absolute atomic E-state index is 12.7. The highest BCUT2D eigenvalue weighted by atomic mass is 32.2. The summed E-state index contributed by atoms with van der Waals surface area (Å²) in [6, 6.07) is 11.7. The van der Waals surface area contributed by atoms with Gasteiger partial charge in [-0.15, -0.1) is 6.58 Å². The first-order valence-electron chi connectivity index (χ1n) is 10.8. The summed E-state index contributed by atoms with van der Waals surface area (Å²) in [5, 5.41) is -0.513. The van der Waals surface area contributed by atoms with Gasteiger partial charge in [-0.3, -0.25) is 19.3 Å². The average molecular weight is 482 g/mol. The number of hydrogen-bond donors (Lipinski definition) is 0. The summed E-state index contributed by atoms with van der Waals surface area (Å²) < 4.78 is 16.5. The molecule has 0 saturated carbocycles. The molecule has 0 unspecified atom stereocenters. The molecule has 1 aliphatic heterocycles. The highest BCUT2D eigenvalue weighted by Gasteiger charge is 2.36. The molecule has 1 saturated heterocycles. The Bertz CT molecular complexity index is 1120. The van der Waals surface area contributed by atoms with Crippen molar-refractivity contribution < 1.29 is 28.6 Å². The summed E-state index contributed by atoms with van der Waals surface area (Å²) in [5.41, 5.74) is 3.69. The van der Waals surface area contributed by atoms with Gasteiger partial charge in [-0.05, 0) is 61.4 Å². The molecule has 0 aromatic heterocycles. The van der Waals surface area contributed by atoms with E-state index in [4.69, 9.17) is 14.2 Å². The normalized spacial score (nSPS) is 14.4. The zero-order valence-electron chi connectivity index (χ0n) is 19.5. The first kappa shape index (κ1) is 25.1. The number of aryl methyl sites for hydroxylation is 1. The van der Waals surface area contributed by atoms with E-state index in [0.29, 0.717) is 30.1 Å². The monoisotopic (exact) mass is 481 g/mol. The molecule has 3 rings (SSSR count). The Morgan fingerprint density at radius 2 is 1.91 bits per heavy atom. The lowest BCUT2D eigenvalue weighted by molar-refractivity contribution is -0.145. The zero-order valence-corrected chi connectivity index (χ0v) is 20.3. The van der Waals surface area contributed by atoms with Gasteiger partial charge >= 0.3 is 5.97 Å². The molecule has 34 heavy (non-hydrogen) atoms. The number of thioether (sulfide) groups is 1. The molecule has 2 aromatic carbocycles. The Labute approximate surface area is 203 Å². The Kier molecular flexibility index (Phi) is 8.54. The molecule has 2 aromatic rings. The van der Waals surface area contributed by atoms with Gasteiger partial charge in [0.1, 0.15) is 13.2 Å². The minimum Gasteiger partial charge on any atom is -0.493 e. The quantitative estimate of drug-likeness (QED) is 0.271. The molecule has 0 aliphatic carbocycles. The highest BCUT2D eigenvalue weighted by molar-refractivity contribution is 8.18. The van der Waals surface area contributed by atoms with Crippen LogP contribution in [0, 0.1) is 6.92 Å². The van der Waals surface area contributed by atoms with Gasteiger partial charge in [-0.2, -0.15) is 0 Å². The predicted molar refractivity (Wildman–Crippen MR) is 132 cm³/mol. The number of esters is 1. The number of benzene rings is 2. The van der Waals surface area contributed by atoms with Gasteiger partial charge in [0.05, 0.1) is 18.6 Å². The van der Waals surface area contributed by atoms with Gasteiger partial charge in [0.2, 0.25) is 0 Å². The number of allylic oxidation sites excluding steroid dienone is 1. The van der Waals surface area contributed by atoms with Crippen molar-refractivity contribution >= 4 is 35.0 Å². The van der Waals surface area contributed by atoms with Crippen molar-refractivity contribution in [2.75, 3.05) is 20.3 Å². The van der Waals surface area contributed by atoms with Crippen LogP contribution in [-0.4, -0.2) is 42.3 Å². The first-order chi connectivity index (χ1) is 16.4. The molecular weight excluding hydrogens is 454 g/mol. The van der Waals surface area contributed by atoms with E-state index in [1.165, 1.54) is 5.56 Å². The molecular formula is C26H27NO6S. The molecule has 0 bridgehead atoms. The predicted octanol–water partition coefficient (Wildman–Crippen LogP) is 4.91. The second-order valence-corrected chi connectivity index (χ2v) is 8.54. The topological polar surface area (TPSA) is 82.1 Å². The Morgan fingerprint density at radius 3 is 2.56 bits per heavy atom. The van der Waals surface area contributed by atoms with Gasteiger partial charge < -0.3 is 14.2 Å². The molecule has 2 amide bonds. The second-order valence-electron chi connectivity index (χ2n) is 7.55. The fourth-order valence-corrected chi connectivity index (χ4v) is 4.19. The zero-order chi connectivity index (χ0) is 24.7. The number of ether oxygens (including phenoxy) is 3. The number of nitrogens with zero attached hydrogens (tertiary/aromatic N) is 1. The number of imide groups is 1. The van der Waals surface area contributed by atoms with Gasteiger partial charge in [-0.25, -0.2) is 0 Å². The molecule has 0 atom stereocenters. The third-order valence-electron chi connectivity index (χ3n) is 5.01. The van der Waals surface area contributed by atoms with E-state index in [1.807, 2.05) is 37.3 Å². The number of hydrogen-bond acceptors (Lipinski definition) is 7. The first-order valence-corrected chi connectivity index (χ1v) is 11.6. The molecule has 8 heteroatoms. The van der Waals surface area contributed by atoms with Crippen molar-refractivity contribution in [3.63, 3.8) is 0 Å². The molecule has 0 radical (unpaired) electrons. The van der Waals surface area contributed by atoms with E-state index in [-0.39, 0.29) is 11.5 Å². The van der Waals surface area contributed by atoms with Crippen LogP contribution in [0.15, 0.2) is 54.0 Å². The van der Waals surface area contributed by atoms with Crippen molar-refractivity contribution in [3.05, 3.63) is 76.2 Å². The minimum absolute atomic E-state index is 0.176. The maximum atomic E-state index is 12.7. The van der Waals surface area contributed by atoms with Crippen LogP contribution in [0.25, 0.3) is 6.08 Å². The number of rotatable bonds is 10. The Morgan fingerprint density at radius 1 is 1.18 bits per heavy atom. The summed E-state index contributed by atoms with van der Waals surface area (Å²) in [5.74, 6) is -0.0675. The van der Waals surface area contributed by atoms with Crippen LogP contribution in [0.4, 0.5) is 4.79 Å². The smallest absolute Gasteiger partial charge is 0.326 e. The van der Waals surface area contributed by atoms with Gasteiger partial charge in [0.15, 0.2) is 11.5 Å². The van der Waals surface area contributed by atoms with Crippen LogP contribution in [-0.2, 0) is 27.4 Å². The van der Waals surface area contributed by atoms with Crippen molar-refractivity contribution in [1.29, 1.82) is 0 Å². The third kappa shape index (κ3) is 6.08. The van der Waals surface area contributed by atoms with Gasteiger partial charge in [0.25, 0.3) is 11.1 Å². The Hall–Kier alpha value is -3.52. The molecule has 1 heterocycles. The van der Waals surface area contributed by atoms with E-state index in [1.54, 1.807) is 32.3 Å². The van der Waals surface area contributed by atoms with Crippen LogP contribution in [0.2, 0.25) is 0 Å². The van der Waals surface area contributed by atoms with Crippen LogP contribution in [0.5, 0.6) is 11.5 Å². The molecule has 178 valence electrons. The fourth-order valence-electron chi connectivity index (χ4n) is 3.35. The maximum Gasteiger partial charge on any atom is 0.326 e. The van der Waals surface area contributed by atoms with Gasteiger partial charge in [-0.1, -0.05) is 35.9 Å². The lowest BCUT2D eigenvalue weighted by Gasteiger charge is -2.16. The molecule has 0 spiro atoms. The summed E-state index contributed by atoms with van der Waals surface area (Å²) in [4.78, 5) is 37.8. The van der Waals surface area contributed by atoms with E-state index >= 15 is 0 Å². The van der Waals surface area contributed by atoms with Crippen molar-refractivity contribution in [1.82, 2.24) is 4.90 Å². The average Bonchev–Trinajstić information content (AvgIpc) is 3.06. The highest BCUT2D eigenvalue weighted by Crippen LogP contribution is 2.37. The summed E-state index contributed by atoms with van der Waals surface area (Å²) >= 11 is 0.781. The summed E-state index contributed by atoms with van der Waals surface area (Å²) in [6.45, 7) is 7.65. The van der Waals surface area contributed by atoms with E-state index in [2.05, 4.69) is 6.58 Å². The van der Waals surface area contributed by atoms with E-state index in [9.17, 15) is 14.4 Å². The SMILES string of the molecule is C=CCc1cc(/C=C2\SC(=O)N(CC(=O)OCC)C2=O)cc(OC)c1OCc1ccc(C)cc1. The van der Waals surface area contributed by atoms with Crippen LogP contribution in [0.1, 0.15) is 29.2 Å². The van der Waals surface area contributed by atoms with Crippen molar-refractivity contribution in [3.8, 4) is 11.5 Å². The standard InChI is InChI=1S/C26H27NO6S/c1-5-7-20-12-19(14-22-25(29)27(26(30)34-22)15-23(28)32-6-2)13-21(31-4)24(20)33-16-18-10-8-17(3)9-11-18/h5,8-14H,1,6-7,15-16H2,2-4H3/b22-14-. The van der Waals surface area contributed by atoms with Crippen molar-refractivity contribution in [2.45, 2.75) is 26.9 Å². The van der Waals surface area contributed by atoms with E-state index < -0.39 is 23.7 Å². The molecule has 1 fully saturated rings. The number of carbonyl (C=O) groups excluding carboxylic acids is 3. The molecule has 7 nitrogen and oxygen atoms in total. The lowest BCUT2D eigenvalue weighted by Crippen LogP contribution is -2.34. The second kappa shape index (κ2) is 11.6. The third-order valence-corrected chi connectivity index (χ3v) is 5.91. The van der Waals surface area contributed by atoms with Crippen LogP contribution >= 0.6 is 11.8 Å². The number of amides is 2. The molecule has 1 aliphatic rings. The largest absolute Gasteiger partial charge is 0.493 e. The fraction of sp³-hybridized carbons (Fsp3) is 0.269. The number of carbonyl (C=O) groups is 3. The van der Waals surface area contributed by atoms with E-state index in [0.717, 1.165) is 27.8 Å².